The molecule has 3 heterocycles. The third-order valence-electron chi connectivity index (χ3n) is 3.70. The second kappa shape index (κ2) is 7.11. The van der Waals surface area contributed by atoms with Crippen LogP contribution in [0.15, 0.2) is 71.3 Å². The third-order valence-corrected chi connectivity index (χ3v) is 4.77. The monoisotopic (exact) mass is 381 g/mol. The standard InChI is InChI=1S/C19H12ClN3O2S/c20-14-8-9-17-22-18(13-5-2-1-3-6-13)15(23(17)12-14)11-21-25-19(24)16-7-4-10-26-16/h1-12H. The number of nitrogens with zero attached hydrogens (tertiary/aromatic N) is 3. The van der Waals surface area contributed by atoms with Crippen molar-refractivity contribution in [2.75, 3.05) is 0 Å². The Balaban J connectivity index is 1.73. The fraction of sp³-hybridized carbons (Fsp3) is 0. The molecule has 0 N–H and O–H groups in total. The number of oxime groups is 1. The highest BCUT2D eigenvalue weighted by atomic mass is 35.5. The summed E-state index contributed by atoms with van der Waals surface area (Å²) in [6, 6.07) is 16.8. The fourth-order valence-corrected chi connectivity index (χ4v) is 3.29. The van der Waals surface area contributed by atoms with Crippen LogP contribution in [0.25, 0.3) is 16.9 Å². The predicted molar refractivity (Wildman–Crippen MR) is 103 cm³/mol. The molecular formula is C19H12ClN3O2S. The lowest BCUT2D eigenvalue weighted by Gasteiger charge is -2.00. The zero-order valence-electron chi connectivity index (χ0n) is 13.4. The molecule has 0 spiro atoms. The molecule has 0 saturated carbocycles. The highest BCUT2D eigenvalue weighted by Gasteiger charge is 2.13. The number of aromatic nitrogens is 2. The van der Waals surface area contributed by atoms with E-state index in [0.717, 1.165) is 16.9 Å². The van der Waals surface area contributed by atoms with Gasteiger partial charge in [-0.3, -0.25) is 4.40 Å². The molecule has 4 aromatic rings. The summed E-state index contributed by atoms with van der Waals surface area (Å²) >= 11 is 7.42. The maximum atomic E-state index is 11.9. The van der Waals surface area contributed by atoms with Crippen LogP contribution in [0.3, 0.4) is 0 Å². The van der Waals surface area contributed by atoms with Crippen molar-refractivity contribution in [3.63, 3.8) is 0 Å². The number of carbonyl (C=O) groups excluding carboxylic acids is 1. The van der Waals surface area contributed by atoms with Crippen LogP contribution in [0.5, 0.6) is 0 Å². The molecule has 7 heteroatoms. The first-order valence-corrected chi connectivity index (χ1v) is 8.99. The molecule has 1 aromatic carbocycles. The normalized spacial score (nSPS) is 11.3. The Kier molecular flexibility index (Phi) is 4.51. The second-order valence-electron chi connectivity index (χ2n) is 5.38. The molecule has 128 valence electrons. The van der Waals surface area contributed by atoms with Gasteiger partial charge in [0.2, 0.25) is 0 Å². The molecular weight excluding hydrogens is 370 g/mol. The average Bonchev–Trinajstić information content (AvgIpc) is 3.31. The van der Waals surface area contributed by atoms with Gasteiger partial charge in [-0.2, -0.15) is 0 Å². The van der Waals surface area contributed by atoms with E-state index in [1.807, 2.05) is 40.8 Å². The summed E-state index contributed by atoms with van der Waals surface area (Å²) in [6.07, 6.45) is 3.23. The van der Waals surface area contributed by atoms with E-state index in [2.05, 4.69) is 10.1 Å². The minimum Gasteiger partial charge on any atom is -0.312 e. The van der Waals surface area contributed by atoms with Crippen LogP contribution >= 0.6 is 22.9 Å². The molecule has 0 fully saturated rings. The van der Waals surface area contributed by atoms with Crippen LogP contribution in [0, 0.1) is 0 Å². The first kappa shape index (κ1) is 16.5. The van der Waals surface area contributed by atoms with E-state index in [1.54, 1.807) is 29.8 Å². The quantitative estimate of drug-likeness (QED) is 0.287. The Hall–Kier alpha value is -2.96. The Morgan fingerprint density at radius 1 is 1.15 bits per heavy atom. The first-order chi connectivity index (χ1) is 12.7. The summed E-state index contributed by atoms with van der Waals surface area (Å²) in [5.74, 6) is -0.496. The number of rotatable bonds is 4. The number of carbonyl (C=O) groups is 1. The highest BCUT2D eigenvalue weighted by molar-refractivity contribution is 7.11. The van der Waals surface area contributed by atoms with Crippen molar-refractivity contribution in [2.24, 2.45) is 5.16 Å². The minimum absolute atomic E-state index is 0.492. The Morgan fingerprint density at radius 3 is 2.77 bits per heavy atom. The van der Waals surface area contributed by atoms with Gasteiger partial charge < -0.3 is 4.84 Å². The fourth-order valence-electron chi connectivity index (χ4n) is 2.53. The van der Waals surface area contributed by atoms with Gasteiger partial charge in [-0.15, -0.1) is 11.3 Å². The van der Waals surface area contributed by atoms with Gasteiger partial charge in [-0.05, 0) is 23.6 Å². The Labute approximate surface area is 158 Å². The summed E-state index contributed by atoms with van der Waals surface area (Å²) in [7, 11) is 0. The molecule has 0 radical (unpaired) electrons. The molecule has 0 saturated heterocycles. The number of halogens is 1. The van der Waals surface area contributed by atoms with Crippen LogP contribution in [0.1, 0.15) is 15.4 Å². The van der Waals surface area contributed by atoms with Crippen LogP contribution in [-0.4, -0.2) is 21.6 Å². The molecule has 0 aliphatic carbocycles. The van der Waals surface area contributed by atoms with Crippen LogP contribution in [-0.2, 0) is 4.84 Å². The van der Waals surface area contributed by atoms with Gasteiger partial charge in [0.25, 0.3) is 0 Å². The summed E-state index contributed by atoms with van der Waals surface area (Å²) < 4.78 is 1.81. The smallest absolute Gasteiger partial charge is 0.312 e. The summed E-state index contributed by atoms with van der Waals surface area (Å²) in [6.45, 7) is 0. The van der Waals surface area contributed by atoms with Crippen molar-refractivity contribution in [3.05, 3.63) is 81.8 Å². The molecule has 0 aliphatic heterocycles. The van der Waals surface area contributed by atoms with E-state index in [-0.39, 0.29) is 0 Å². The van der Waals surface area contributed by atoms with Crippen LogP contribution in [0.2, 0.25) is 5.02 Å². The van der Waals surface area contributed by atoms with Crippen LogP contribution < -0.4 is 0 Å². The molecule has 5 nitrogen and oxygen atoms in total. The van der Waals surface area contributed by atoms with Crippen molar-refractivity contribution < 1.29 is 9.63 Å². The topological polar surface area (TPSA) is 56.0 Å². The van der Waals surface area contributed by atoms with Crippen molar-refractivity contribution in [3.8, 4) is 11.3 Å². The molecule has 3 aromatic heterocycles. The summed E-state index contributed by atoms with van der Waals surface area (Å²) in [4.78, 5) is 22.1. The van der Waals surface area contributed by atoms with Gasteiger partial charge in [-0.1, -0.05) is 53.2 Å². The Morgan fingerprint density at radius 2 is 2.00 bits per heavy atom. The van der Waals surface area contributed by atoms with E-state index < -0.39 is 5.97 Å². The number of hydrogen-bond donors (Lipinski definition) is 0. The number of fused-ring (bicyclic) bond motifs is 1. The number of hydrogen-bond acceptors (Lipinski definition) is 5. The Bertz CT molecular complexity index is 1090. The summed E-state index contributed by atoms with van der Waals surface area (Å²) in [5.41, 5.74) is 3.05. The van der Waals surface area contributed by atoms with E-state index in [4.69, 9.17) is 16.4 Å². The zero-order chi connectivity index (χ0) is 17.9. The van der Waals surface area contributed by atoms with Gasteiger partial charge in [0.1, 0.15) is 10.5 Å². The maximum absolute atomic E-state index is 11.9. The van der Waals surface area contributed by atoms with Gasteiger partial charge >= 0.3 is 5.97 Å². The molecule has 0 aliphatic rings. The highest BCUT2D eigenvalue weighted by Crippen LogP contribution is 2.24. The zero-order valence-corrected chi connectivity index (χ0v) is 14.9. The van der Waals surface area contributed by atoms with E-state index in [0.29, 0.717) is 15.6 Å². The second-order valence-corrected chi connectivity index (χ2v) is 6.76. The van der Waals surface area contributed by atoms with Crippen molar-refractivity contribution in [1.29, 1.82) is 0 Å². The van der Waals surface area contributed by atoms with Crippen molar-refractivity contribution in [2.45, 2.75) is 0 Å². The third kappa shape index (κ3) is 3.24. The molecule has 0 bridgehead atoms. The lowest BCUT2D eigenvalue weighted by Crippen LogP contribution is -1.99. The SMILES string of the molecule is O=C(ON=Cc1c(-c2ccccc2)nc2ccc(Cl)cn12)c1cccs1. The maximum Gasteiger partial charge on any atom is 0.375 e. The predicted octanol–water partition coefficient (Wildman–Crippen LogP) is 4.91. The minimum atomic E-state index is -0.496. The lowest BCUT2D eigenvalue weighted by atomic mass is 10.1. The number of benzene rings is 1. The van der Waals surface area contributed by atoms with Crippen LogP contribution in [0.4, 0.5) is 0 Å². The summed E-state index contributed by atoms with van der Waals surface area (Å²) in [5, 5.41) is 6.24. The molecule has 26 heavy (non-hydrogen) atoms. The number of pyridine rings is 1. The van der Waals surface area contributed by atoms with E-state index >= 15 is 0 Å². The van der Waals surface area contributed by atoms with Gasteiger partial charge in [0.05, 0.1) is 22.6 Å². The number of imidazole rings is 1. The molecule has 0 atom stereocenters. The van der Waals surface area contributed by atoms with Crippen molar-refractivity contribution >= 4 is 40.8 Å². The van der Waals surface area contributed by atoms with Gasteiger partial charge in [-0.25, -0.2) is 9.78 Å². The van der Waals surface area contributed by atoms with Crippen molar-refractivity contribution in [1.82, 2.24) is 9.38 Å². The van der Waals surface area contributed by atoms with E-state index in [9.17, 15) is 4.79 Å². The van der Waals surface area contributed by atoms with Gasteiger partial charge in [0.15, 0.2) is 0 Å². The molecule has 4 rings (SSSR count). The van der Waals surface area contributed by atoms with E-state index in [1.165, 1.54) is 17.6 Å². The van der Waals surface area contributed by atoms with Gasteiger partial charge in [0, 0.05) is 11.8 Å². The lowest BCUT2D eigenvalue weighted by molar-refractivity contribution is 0.0525. The number of thiophene rings is 1. The molecule has 0 unspecified atom stereocenters. The molecule has 0 amide bonds. The largest absolute Gasteiger partial charge is 0.375 e. The average molecular weight is 382 g/mol. The first-order valence-electron chi connectivity index (χ1n) is 7.73.